The maximum Gasteiger partial charge on any atom is 0.304 e. The fraction of sp³-hybridized carbons (Fsp3) is 0.333. The monoisotopic (exact) mass is 289 g/mol. The minimum absolute atomic E-state index is 0.0672. The maximum absolute atomic E-state index is 13.2. The van der Waals surface area contributed by atoms with Crippen LogP contribution in [0.4, 0.5) is 14.5 Å². The van der Waals surface area contributed by atoms with Crippen molar-refractivity contribution in [1.29, 1.82) is 0 Å². The van der Waals surface area contributed by atoms with Crippen LogP contribution >= 0.6 is 11.8 Å². The van der Waals surface area contributed by atoms with Crippen molar-refractivity contribution in [2.75, 3.05) is 11.1 Å². The number of carboxylic acids is 1. The first-order chi connectivity index (χ1) is 8.90. The zero-order chi connectivity index (χ0) is 14.4. The molecule has 1 amide bonds. The van der Waals surface area contributed by atoms with Gasteiger partial charge in [-0.1, -0.05) is 13.0 Å². The lowest BCUT2D eigenvalue weighted by atomic mass is 10.3. The van der Waals surface area contributed by atoms with E-state index in [-0.39, 0.29) is 17.4 Å². The largest absolute Gasteiger partial charge is 0.481 e. The first-order valence-electron chi connectivity index (χ1n) is 5.47. The Morgan fingerprint density at radius 1 is 1.37 bits per heavy atom. The summed E-state index contributed by atoms with van der Waals surface area (Å²) < 4.78 is 26.5. The quantitative estimate of drug-likeness (QED) is 0.844. The van der Waals surface area contributed by atoms with E-state index in [2.05, 4.69) is 5.32 Å². The molecule has 0 aliphatic carbocycles. The Morgan fingerprint density at radius 3 is 2.47 bits per heavy atom. The second-order valence-corrected chi connectivity index (χ2v) is 5.29. The van der Waals surface area contributed by atoms with E-state index in [1.165, 1.54) is 6.07 Å². The zero-order valence-electron chi connectivity index (χ0n) is 10.2. The van der Waals surface area contributed by atoms with E-state index in [0.29, 0.717) is 0 Å². The molecule has 0 aliphatic heterocycles. The highest BCUT2D eigenvalue weighted by Crippen LogP contribution is 2.19. The van der Waals surface area contributed by atoms with E-state index in [1.54, 1.807) is 6.92 Å². The molecule has 0 bridgehead atoms. The average molecular weight is 289 g/mol. The number of thioether (sulfide) groups is 1. The molecule has 0 saturated heterocycles. The fourth-order valence-corrected chi connectivity index (χ4v) is 2.08. The van der Waals surface area contributed by atoms with Gasteiger partial charge in [0, 0.05) is 5.25 Å². The second kappa shape index (κ2) is 7.08. The van der Waals surface area contributed by atoms with Crippen LogP contribution in [0, 0.1) is 11.6 Å². The lowest BCUT2D eigenvalue weighted by molar-refractivity contribution is -0.136. The molecule has 0 fully saturated rings. The second-order valence-electron chi connectivity index (χ2n) is 3.86. The predicted molar refractivity (Wildman–Crippen MR) is 69.2 cm³/mol. The average Bonchev–Trinajstić information content (AvgIpc) is 2.30. The molecule has 0 heterocycles. The molecule has 1 aromatic rings. The summed E-state index contributed by atoms with van der Waals surface area (Å²) >= 11 is 1.11. The van der Waals surface area contributed by atoms with Crippen molar-refractivity contribution in [3.63, 3.8) is 0 Å². The van der Waals surface area contributed by atoms with Gasteiger partial charge < -0.3 is 10.4 Å². The summed E-state index contributed by atoms with van der Waals surface area (Å²) in [5, 5.41) is 10.4. The summed E-state index contributed by atoms with van der Waals surface area (Å²) in [5.74, 6) is -3.30. The highest BCUT2D eigenvalue weighted by Gasteiger charge is 2.14. The van der Waals surface area contributed by atoms with Crippen molar-refractivity contribution >= 4 is 29.3 Å². The van der Waals surface area contributed by atoms with Crippen LogP contribution < -0.4 is 5.32 Å². The normalized spacial score (nSPS) is 11.9. The van der Waals surface area contributed by atoms with E-state index < -0.39 is 29.2 Å². The molecule has 4 nitrogen and oxygen atoms in total. The number of carbonyl (C=O) groups is 2. The van der Waals surface area contributed by atoms with Crippen LogP contribution in [-0.4, -0.2) is 28.0 Å². The number of rotatable bonds is 6. The van der Waals surface area contributed by atoms with E-state index in [1.807, 2.05) is 0 Å². The topological polar surface area (TPSA) is 66.4 Å². The van der Waals surface area contributed by atoms with Crippen LogP contribution in [0.15, 0.2) is 18.2 Å². The van der Waals surface area contributed by atoms with Gasteiger partial charge in [0.2, 0.25) is 5.91 Å². The zero-order valence-corrected chi connectivity index (χ0v) is 11.0. The van der Waals surface area contributed by atoms with Crippen LogP contribution in [0.5, 0.6) is 0 Å². The van der Waals surface area contributed by atoms with Gasteiger partial charge in [-0.15, -0.1) is 11.8 Å². The summed E-state index contributed by atoms with van der Waals surface area (Å²) in [6.07, 6.45) is -0.0774. The van der Waals surface area contributed by atoms with Crippen molar-refractivity contribution in [3.8, 4) is 0 Å². The molecule has 1 aromatic carbocycles. The molecule has 0 aliphatic rings. The van der Waals surface area contributed by atoms with Gasteiger partial charge in [-0.2, -0.15) is 0 Å². The molecule has 19 heavy (non-hydrogen) atoms. The third-order valence-corrected chi connectivity index (χ3v) is 3.35. The summed E-state index contributed by atoms with van der Waals surface area (Å²) in [5.41, 5.74) is -0.487. The summed E-state index contributed by atoms with van der Waals surface area (Å²) in [6.45, 7) is 1.66. The highest BCUT2D eigenvalue weighted by molar-refractivity contribution is 8.00. The molecule has 0 spiro atoms. The first-order valence-corrected chi connectivity index (χ1v) is 6.52. The van der Waals surface area contributed by atoms with Crippen LogP contribution in [0.2, 0.25) is 0 Å². The van der Waals surface area contributed by atoms with Gasteiger partial charge in [0.05, 0.1) is 12.2 Å². The summed E-state index contributed by atoms with van der Waals surface area (Å²) in [7, 11) is 0. The van der Waals surface area contributed by atoms with E-state index >= 15 is 0 Å². The van der Waals surface area contributed by atoms with Crippen LogP contribution in [-0.2, 0) is 9.59 Å². The molecule has 1 unspecified atom stereocenters. The Kier molecular flexibility index (Phi) is 5.75. The smallest absolute Gasteiger partial charge is 0.304 e. The SMILES string of the molecule is CC(CC(=O)O)SCC(=O)Nc1c(F)cccc1F. The molecule has 0 aromatic heterocycles. The molecule has 0 radical (unpaired) electrons. The number of carbonyl (C=O) groups excluding carboxylic acids is 1. The van der Waals surface area contributed by atoms with Gasteiger partial charge in [-0.25, -0.2) is 8.78 Å². The fourth-order valence-electron chi connectivity index (χ4n) is 1.32. The van der Waals surface area contributed by atoms with Crippen LogP contribution in [0.25, 0.3) is 0 Å². The number of para-hydroxylation sites is 1. The standard InChI is InChI=1S/C12H13F2NO3S/c1-7(5-11(17)18)19-6-10(16)15-12-8(13)3-2-4-9(12)14/h2-4,7H,5-6H2,1H3,(H,15,16)(H,17,18). The number of aliphatic carboxylic acids is 1. The summed E-state index contributed by atoms with van der Waals surface area (Å²) in [4.78, 5) is 21.9. The molecule has 1 atom stereocenters. The Balaban J connectivity index is 2.50. The molecular weight excluding hydrogens is 276 g/mol. The number of hydrogen-bond donors (Lipinski definition) is 2. The lowest BCUT2D eigenvalue weighted by Crippen LogP contribution is -2.18. The molecule has 7 heteroatoms. The number of carboxylic acid groups (broad SMARTS) is 1. The third-order valence-electron chi connectivity index (χ3n) is 2.19. The number of anilines is 1. The third kappa shape index (κ3) is 5.25. The van der Waals surface area contributed by atoms with Gasteiger partial charge in [0.25, 0.3) is 0 Å². The Bertz CT molecular complexity index is 462. The molecule has 0 saturated carbocycles. The van der Waals surface area contributed by atoms with Crippen molar-refractivity contribution in [2.45, 2.75) is 18.6 Å². The van der Waals surface area contributed by atoms with E-state index in [0.717, 1.165) is 23.9 Å². The van der Waals surface area contributed by atoms with Gasteiger partial charge in [0.1, 0.15) is 17.3 Å². The van der Waals surface area contributed by atoms with Crippen molar-refractivity contribution < 1.29 is 23.5 Å². The molecule has 1 rings (SSSR count). The van der Waals surface area contributed by atoms with E-state index in [9.17, 15) is 18.4 Å². The number of halogens is 2. The van der Waals surface area contributed by atoms with E-state index in [4.69, 9.17) is 5.11 Å². The highest BCUT2D eigenvalue weighted by atomic mass is 32.2. The number of nitrogens with one attached hydrogen (secondary N) is 1. The molecular formula is C12H13F2NO3S. The van der Waals surface area contributed by atoms with Gasteiger partial charge in [0.15, 0.2) is 0 Å². The number of benzene rings is 1. The maximum atomic E-state index is 13.2. The van der Waals surface area contributed by atoms with Crippen molar-refractivity contribution in [1.82, 2.24) is 0 Å². The Labute approximate surface area is 113 Å². The lowest BCUT2D eigenvalue weighted by Gasteiger charge is -2.10. The van der Waals surface area contributed by atoms with Crippen molar-refractivity contribution in [2.24, 2.45) is 0 Å². The molecule has 104 valence electrons. The van der Waals surface area contributed by atoms with Gasteiger partial charge >= 0.3 is 5.97 Å². The first kappa shape index (κ1) is 15.4. The minimum Gasteiger partial charge on any atom is -0.481 e. The van der Waals surface area contributed by atoms with Crippen LogP contribution in [0.3, 0.4) is 0 Å². The minimum atomic E-state index is -0.958. The Hall–Kier alpha value is -1.63. The number of amides is 1. The van der Waals surface area contributed by atoms with Gasteiger partial charge in [-0.05, 0) is 12.1 Å². The van der Waals surface area contributed by atoms with Gasteiger partial charge in [-0.3, -0.25) is 9.59 Å². The predicted octanol–water partition coefficient (Wildman–Crippen LogP) is 2.50. The molecule has 2 N–H and O–H groups in total. The Morgan fingerprint density at radius 2 is 1.95 bits per heavy atom. The van der Waals surface area contributed by atoms with Crippen LogP contribution in [0.1, 0.15) is 13.3 Å². The number of hydrogen-bond acceptors (Lipinski definition) is 3. The van der Waals surface area contributed by atoms with Crippen molar-refractivity contribution in [3.05, 3.63) is 29.8 Å². The summed E-state index contributed by atoms with van der Waals surface area (Å²) in [6, 6.07) is 3.28.